The number of nitrogens with one attached hydrogen (secondary N) is 1. The lowest BCUT2D eigenvalue weighted by atomic mass is 9.89. The molecule has 0 radical (unpaired) electrons. The van der Waals surface area contributed by atoms with E-state index in [1.165, 1.54) is 6.42 Å². The summed E-state index contributed by atoms with van der Waals surface area (Å²) in [4.78, 5) is 11.8. The van der Waals surface area contributed by atoms with Gasteiger partial charge in [0.15, 0.2) is 6.61 Å². The summed E-state index contributed by atoms with van der Waals surface area (Å²) in [6, 6.07) is 5.92. The predicted molar refractivity (Wildman–Crippen MR) is 84.6 cm³/mol. The second-order valence-electron chi connectivity index (χ2n) is 6.03. The van der Waals surface area contributed by atoms with Gasteiger partial charge in [0, 0.05) is 5.71 Å². The Kier molecular flexibility index (Phi) is 5.37. The third kappa shape index (κ3) is 5.21. The lowest BCUT2D eigenvalue weighted by Gasteiger charge is -2.18. The third-order valence-corrected chi connectivity index (χ3v) is 3.65. The topological polar surface area (TPSA) is 50.7 Å². The zero-order valence-corrected chi connectivity index (χ0v) is 13.1. The molecule has 1 fully saturated rings. The number of benzene rings is 1. The van der Waals surface area contributed by atoms with Gasteiger partial charge in [-0.1, -0.05) is 13.0 Å². The van der Waals surface area contributed by atoms with Crippen molar-refractivity contribution in [3.8, 4) is 5.75 Å². The van der Waals surface area contributed by atoms with Crippen LogP contribution in [0.15, 0.2) is 23.3 Å². The van der Waals surface area contributed by atoms with Crippen molar-refractivity contribution < 1.29 is 9.53 Å². The summed E-state index contributed by atoms with van der Waals surface area (Å²) in [5.74, 6) is 1.18. The van der Waals surface area contributed by atoms with E-state index in [0.717, 1.165) is 41.9 Å². The molecule has 114 valence electrons. The molecule has 1 aliphatic rings. The van der Waals surface area contributed by atoms with Crippen molar-refractivity contribution in [2.24, 2.45) is 11.0 Å². The molecule has 1 atom stereocenters. The molecule has 0 spiro atoms. The second-order valence-corrected chi connectivity index (χ2v) is 6.03. The normalized spacial score (nSPS) is 20.3. The molecule has 0 bridgehead atoms. The Balaban J connectivity index is 1.80. The molecular formula is C17H24N2O2. The molecule has 0 heterocycles. The van der Waals surface area contributed by atoms with Crippen LogP contribution in [0.4, 0.5) is 0 Å². The third-order valence-electron chi connectivity index (χ3n) is 3.65. The van der Waals surface area contributed by atoms with Crippen LogP contribution in [0.2, 0.25) is 0 Å². The highest BCUT2D eigenvalue weighted by molar-refractivity contribution is 5.87. The lowest BCUT2D eigenvalue weighted by molar-refractivity contribution is -0.123. The van der Waals surface area contributed by atoms with Gasteiger partial charge >= 0.3 is 0 Å². The summed E-state index contributed by atoms with van der Waals surface area (Å²) in [6.45, 7) is 6.24. The van der Waals surface area contributed by atoms with Crippen LogP contribution in [-0.2, 0) is 4.79 Å². The fourth-order valence-corrected chi connectivity index (χ4v) is 2.70. The zero-order valence-electron chi connectivity index (χ0n) is 13.1. The Morgan fingerprint density at radius 1 is 1.33 bits per heavy atom. The van der Waals surface area contributed by atoms with Gasteiger partial charge in [0.1, 0.15) is 5.75 Å². The minimum Gasteiger partial charge on any atom is -0.484 e. The molecule has 21 heavy (non-hydrogen) atoms. The summed E-state index contributed by atoms with van der Waals surface area (Å²) in [6.07, 6.45) is 4.39. The molecule has 1 aliphatic carbocycles. The van der Waals surface area contributed by atoms with E-state index in [4.69, 9.17) is 4.74 Å². The molecular weight excluding hydrogens is 264 g/mol. The van der Waals surface area contributed by atoms with E-state index in [9.17, 15) is 4.79 Å². The van der Waals surface area contributed by atoms with Crippen LogP contribution < -0.4 is 10.2 Å². The van der Waals surface area contributed by atoms with Gasteiger partial charge in [-0.05, 0) is 68.7 Å². The molecule has 0 aromatic heterocycles. The Labute approximate surface area is 126 Å². The van der Waals surface area contributed by atoms with Gasteiger partial charge < -0.3 is 4.74 Å². The van der Waals surface area contributed by atoms with E-state index >= 15 is 0 Å². The molecule has 1 amide bonds. The highest BCUT2D eigenvalue weighted by atomic mass is 16.5. The zero-order chi connectivity index (χ0) is 15.2. The molecule has 1 aromatic rings. The highest BCUT2D eigenvalue weighted by Gasteiger charge is 2.14. The van der Waals surface area contributed by atoms with Gasteiger partial charge in [0.05, 0.1) is 0 Å². The van der Waals surface area contributed by atoms with Crippen molar-refractivity contribution in [1.82, 2.24) is 5.43 Å². The maximum absolute atomic E-state index is 11.8. The SMILES string of the molecule is Cc1cc(C)cc(OCC(=O)N/N=C2/CCC[C@H](C)C2)c1. The first-order chi connectivity index (χ1) is 10.0. The molecule has 2 rings (SSSR count). The smallest absolute Gasteiger partial charge is 0.277 e. The van der Waals surface area contributed by atoms with Crippen LogP contribution in [0.1, 0.15) is 43.7 Å². The number of amides is 1. The van der Waals surface area contributed by atoms with Crippen molar-refractivity contribution in [2.45, 2.75) is 46.5 Å². The predicted octanol–water partition coefficient (Wildman–Crippen LogP) is 3.36. The van der Waals surface area contributed by atoms with E-state index in [2.05, 4.69) is 23.5 Å². The number of hydrazone groups is 1. The molecule has 1 aromatic carbocycles. The van der Waals surface area contributed by atoms with Crippen LogP contribution in [0.3, 0.4) is 0 Å². The molecule has 0 saturated heterocycles. The maximum Gasteiger partial charge on any atom is 0.277 e. The van der Waals surface area contributed by atoms with E-state index in [1.807, 2.05) is 26.0 Å². The van der Waals surface area contributed by atoms with Crippen LogP contribution in [0.25, 0.3) is 0 Å². The highest BCUT2D eigenvalue weighted by Crippen LogP contribution is 2.21. The maximum atomic E-state index is 11.8. The van der Waals surface area contributed by atoms with Crippen molar-refractivity contribution in [3.63, 3.8) is 0 Å². The summed E-state index contributed by atoms with van der Waals surface area (Å²) in [5, 5.41) is 4.22. The minimum absolute atomic E-state index is 0.00474. The number of hydrogen-bond donors (Lipinski definition) is 1. The molecule has 1 saturated carbocycles. The van der Waals surface area contributed by atoms with E-state index in [0.29, 0.717) is 5.92 Å². The van der Waals surface area contributed by atoms with Gasteiger partial charge in [-0.2, -0.15) is 5.10 Å². The van der Waals surface area contributed by atoms with Gasteiger partial charge in [0.25, 0.3) is 5.91 Å². The molecule has 4 nitrogen and oxygen atoms in total. The monoisotopic (exact) mass is 288 g/mol. The lowest BCUT2D eigenvalue weighted by Crippen LogP contribution is -2.27. The van der Waals surface area contributed by atoms with E-state index < -0.39 is 0 Å². The fraction of sp³-hybridized carbons (Fsp3) is 0.529. The van der Waals surface area contributed by atoms with Gasteiger partial charge in [-0.3, -0.25) is 4.79 Å². The number of carbonyl (C=O) groups is 1. The quantitative estimate of drug-likeness (QED) is 0.864. The second kappa shape index (κ2) is 7.25. The van der Waals surface area contributed by atoms with Gasteiger partial charge in [-0.25, -0.2) is 5.43 Å². The van der Waals surface area contributed by atoms with Gasteiger partial charge in [-0.15, -0.1) is 0 Å². The Morgan fingerprint density at radius 2 is 2.05 bits per heavy atom. The summed E-state index contributed by atoms with van der Waals surface area (Å²) in [7, 11) is 0. The van der Waals surface area contributed by atoms with Crippen molar-refractivity contribution in [2.75, 3.05) is 6.61 Å². The number of ether oxygens (including phenoxy) is 1. The summed E-state index contributed by atoms with van der Waals surface area (Å²) >= 11 is 0. The molecule has 1 N–H and O–H groups in total. The Morgan fingerprint density at radius 3 is 2.71 bits per heavy atom. The van der Waals surface area contributed by atoms with Crippen LogP contribution >= 0.6 is 0 Å². The number of nitrogens with zero attached hydrogens (tertiary/aromatic N) is 1. The molecule has 4 heteroatoms. The van der Waals surface area contributed by atoms with Crippen LogP contribution in [0.5, 0.6) is 5.75 Å². The van der Waals surface area contributed by atoms with Crippen LogP contribution in [-0.4, -0.2) is 18.2 Å². The van der Waals surface area contributed by atoms with E-state index in [-0.39, 0.29) is 12.5 Å². The number of aryl methyl sites for hydroxylation is 2. The first-order valence-corrected chi connectivity index (χ1v) is 7.58. The first kappa shape index (κ1) is 15.5. The van der Waals surface area contributed by atoms with Crippen molar-refractivity contribution in [1.29, 1.82) is 0 Å². The minimum atomic E-state index is -0.208. The standard InChI is InChI=1S/C17H24N2O2/c1-12-5-4-6-15(8-12)18-19-17(20)11-21-16-9-13(2)7-14(3)10-16/h7,9-10,12H,4-6,8,11H2,1-3H3,(H,19,20)/b18-15-/t12-/m0/s1. The van der Waals surface area contributed by atoms with Crippen molar-refractivity contribution >= 4 is 11.6 Å². The fourth-order valence-electron chi connectivity index (χ4n) is 2.70. The Bertz CT molecular complexity index is 517. The van der Waals surface area contributed by atoms with Crippen molar-refractivity contribution in [3.05, 3.63) is 29.3 Å². The number of hydrogen-bond acceptors (Lipinski definition) is 3. The number of carbonyl (C=O) groups excluding carboxylic acids is 1. The molecule has 0 unspecified atom stereocenters. The van der Waals surface area contributed by atoms with Gasteiger partial charge in [0.2, 0.25) is 0 Å². The summed E-state index contributed by atoms with van der Waals surface area (Å²) < 4.78 is 5.51. The largest absolute Gasteiger partial charge is 0.484 e. The average Bonchev–Trinajstić information content (AvgIpc) is 2.42. The first-order valence-electron chi connectivity index (χ1n) is 7.58. The average molecular weight is 288 g/mol. The number of rotatable bonds is 4. The van der Waals surface area contributed by atoms with Crippen LogP contribution in [0, 0.1) is 19.8 Å². The Hall–Kier alpha value is -1.84. The van der Waals surface area contributed by atoms with E-state index in [1.54, 1.807) is 0 Å². The summed E-state index contributed by atoms with van der Waals surface area (Å²) in [5.41, 5.74) is 5.94. The molecule has 0 aliphatic heterocycles.